The van der Waals surface area contributed by atoms with E-state index in [-0.39, 0.29) is 11.8 Å². The summed E-state index contributed by atoms with van der Waals surface area (Å²) in [5.41, 5.74) is 5.72. The molecule has 3 rings (SSSR count). The monoisotopic (exact) mass is 346 g/mol. The van der Waals surface area contributed by atoms with Gasteiger partial charge in [0.25, 0.3) is 5.91 Å². The molecule has 4 heteroatoms. The molecule has 0 bridgehead atoms. The van der Waals surface area contributed by atoms with E-state index in [1.165, 1.54) is 11.1 Å². The van der Waals surface area contributed by atoms with Crippen LogP contribution in [0, 0.1) is 0 Å². The number of carbonyl (C=O) groups excluding carboxylic acids is 2. The van der Waals surface area contributed by atoms with Gasteiger partial charge in [0.05, 0.1) is 6.42 Å². The molecule has 26 heavy (non-hydrogen) atoms. The molecule has 2 aliphatic carbocycles. The Morgan fingerprint density at radius 3 is 2.31 bits per heavy atom. The van der Waals surface area contributed by atoms with E-state index in [2.05, 4.69) is 35.8 Å². The van der Waals surface area contributed by atoms with Crippen LogP contribution in [0.15, 0.2) is 60.7 Å². The van der Waals surface area contributed by atoms with Crippen molar-refractivity contribution in [2.24, 2.45) is 0 Å². The zero-order valence-corrected chi connectivity index (χ0v) is 15.0. The highest BCUT2D eigenvalue weighted by atomic mass is 16.2. The van der Waals surface area contributed by atoms with Crippen LogP contribution in [0.3, 0.4) is 0 Å². The van der Waals surface area contributed by atoms with E-state index in [0.29, 0.717) is 17.7 Å². The molecule has 0 aromatic heterocycles. The number of benzene rings is 1. The lowest BCUT2D eigenvalue weighted by Gasteiger charge is -2.07. The van der Waals surface area contributed by atoms with Crippen LogP contribution >= 0.6 is 0 Å². The van der Waals surface area contributed by atoms with Crippen LogP contribution in [-0.2, 0) is 17.6 Å². The Bertz CT molecular complexity index is 918. The zero-order chi connectivity index (χ0) is 18.5. The van der Waals surface area contributed by atoms with Gasteiger partial charge in [0.1, 0.15) is 0 Å². The molecular weight excluding hydrogens is 324 g/mol. The number of carbonyl (C=O) groups is 2. The third-order valence-electron chi connectivity index (χ3n) is 4.45. The van der Waals surface area contributed by atoms with E-state index < -0.39 is 0 Å². The first-order valence-corrected chi connectivity index (χ1v) is 8.74. The van der Waals surface area contributed by atoms with Gasteiger partial charge in [-0.1, -0.05) is 49.4 Å². The molecule has 1 aromatic rings. The van der Waals surface area contributed by atoms with Gasteiger partial charge in [0, 0.05) is 18.3 Å². The minimum Gasteiger partial charge on any atom is -0.355 e. The lowest BCUT2D eigenvalue weighted by molar-refractivity contribution is -0.115. The first-order valence-electron chi connectivity index (χ1n) is 8.74. The minimum atomic E-state index is -0.178. The molecule has 1 aromatic carbocycles. The molecule has 0 saturated carbocycles. The number of hydrogen-bond donors (Lipinski definition) is 2. The number of nitrogens with one attached hydrogen (secondary N) is 2. The number of fused-ring (bicyclic) bond motifs is 1. The van der Waals surface area contributed by atoms with Crippen molar-refractivity contribution in [3.05, 3.63) is 77.4 Å². The quantitative estimate of drug-likeness (QED) is 0.736. The van der Waals surface area contributed by atoms with Gasteiger partial charge in [-0.05, 0) is 46.9 Å². The molecule has 4 nitrogen and oxygen atoms in total. The molecule has 0 unspecified atom stereocenters. The third kappa shape index (κ3) is 3.75. The molecular formula is C22H22N2O2. The van der Waals surface area contributed by atoms with Crippen molar-refractivity contribution < 1.29 is 9.59 Å². The lowest BCUT2D eigenvalue weighted by Crippen LogP contribution is -2.19. The van der Waals surface area contributed by atoms with E-state index in [1.807, 2.05) is 18.2 Å². The first kappa shape index (κ1) is 17.7. The summed E-state index contributed by atoms with van der Waals surface area (Å²) in [6.45, 7) is 2.12. The number of anilines is 1. The number of hydrogen-bond acceptors (Lipinski definition) is 2. The molecule has 0 saturated heterocycles. The molecule has 0 spiro atoms. The summed E-state index contributed by atoms with van der Waals surface area (Å²) in [5, 5.41) is 5.47. The molecule has 0 radical (unpaired) electrons. The lowest BCUT2D eigenvalue weighted by atomic mass is 10.1. The molecule has 0 fully saturated rings. The largest absolute Gasteiger partial charge is 0.355 e. The van der Waals surface area contributed by atoms with Crippen molar-refractivity contribution in [3.8, 4) is 11.1 Å². The Balaban J connectivity index is 1.79. The Kier molecular flexibility index (Phi) is 5.32. The third-order valence-corrected chi connectivity index (χ3v) is 4.45. The molecule has 0 aliphatic heterocycles. The van der Waals surface area contributed by atoms with Crippen molar-refractivity contribution in [1.82, 2.24) is 5.32 Å². The van der Waals surface area contributed by atoms with Crippen LogP contribution in [0.5, 0.6) is 0 Å². The second-order valence-electron chi connectivity index (χ2n) is 6.17. The summed E-state index contributed by atoms with van der Waals surface area (Å²) in [7, 11) is 1.58. The van der Waals surface area contributed by atoms with Gasteiger partial charge in [-0.25, -0.2) is 0 Å². The molecule has 0 heterocycles. The fraction of sp³-hybridized carbons (Fsp3) is 0.182. The fourth-order valence-corrected chi connectivity index (χ4v) is 3.17. The topological polar surface area (TPSA) is 58.2 Å². The van der Waals surface area contributed by atoms with E-state index in [4.69, 9.17) is 0 Å². The summed E-state index contributed by atoms with van der Waals surface area (Å²) in [5.74, 6) is -0.275. The van der Waals surface area contributed by atoms with Gasteiger partial charge >= 0.3 is 0 Å². The summed E-state index contributed by atoms with van der Waals surface area (Å²) in [6, 6.07) is 19.2. The number of amides is 2. The summed E-state index contributed by atoms with van der Waals surface area (Å²) in [4.78, 5) is 24.3. The highest BCUT2D eigenvalue weighted by Gasteiger charge is 2.16. The molecule has 2 N–H and O–H groups in total. The molecule has 132 valence electrons. The predicted molar refractivity (Wildman–Crippen MR) is 105 cm³/mol. The SMILES string of the molecule is CCc1cc(CC(=O)Nc2cccc(C(=O)NC)c2)c2cccccc1-2. The van der Waals surface area contributed by atoms with Gasteiger partial charge in [0.15, 0.2) is 0 Å². The standard InChI is InChI=1S/C22H22N2O2/c1-3-15-12-17(20-11-6-4-5-10-19(15)20)14-21(25)24-18-9-7-8-16(13-18)22(26)23-2/h4-13H,3,14H2,1-2H3,(H,23,26)(H,24,25). The maximum Gasteiger partial charge on any atom is 0.251 e. The van der Waals surface area contributed by atoms with Crippen LogP contribution in [0.25, 0.3) is 11.1 Å². The van der Waals surface area contributed by atoms with Crippen LogP contribution in [0.2, 0.25) is 0 Å². The fourth-order valence-electron chi connectivity index (χ4n) is 3.17. The van der Waals surface area contributed by atoms with Gasteiger partial charge in [-0.3, -0.25) is 9.59 Å². The number of aryl methyl sites for hydroxylation is 1. The van der Waals surface area contributed by atoms with Crippen molar-refractivity contribution in [2.45, 2.75) is 19.8 Å². The Morgan fingerprint density at radius 1 is 0.885 bits per heavy atom. The van der Waals surface area contributed by atoms with E-state index in [0.717, 1.165) is 17.5 Å². The second kappa shape index (κ2) is 7.83. The minimum absolute atomic E-state index is 0.0971. The average Bonchev–Trinajstić information content (AvgIpc) is 2.82. The van der Waals surface area contributed by atoms with E-state index in [1.54, 1.807) is 31.3 Å². The Morgan fingerprint density at radius 2 is 1.62 bits per heavy atom. The molecule has 2 amide bonds. The van der Waals surface area contributed by atoms with Gasteiger partial charge in [0.2, 0.25) is 5.91 Å². The second-order valence-corrected chi connectivity index (χ2v) is 6.17. The van der Waals surface area contributed by atoms with Crippen molar-refractivity contribution in [3.63, 3.8) is 0 Å². The van der Waals surface area contributed by atoms with Crippen LogP contribution < -0.4 is 10.6 Å². The maximum atomic E-state index is 12.5. The summed E-state index contributed by atoms with van der Waals surface area (Å²) in [6.07, 6.45) is 1.22. The van der Waals surface area contributed by atoms with Crippen LogP contribution in [0.4, 0.5) is 5.69 Å². The van der Waals surface area contributed by atoms with Crippen molar-refractivity contribution >= 4 is 17.5 Å². The summed E-state index contributed by atoms with van der Waals surface area (Å²) < 4.78 is 0. The van der Waals surface area contributed by atoms with Gasteiger partial charge in [-0.15, -0.1) is 0 Å². The maximum absolute atomic E-state index is 12.5. The van der Waals surface area contributed by atoms with Crippen molar-refractivity contribution in [1.29, 1.82) is 0 Å². The van der Waals surface area contributed by atoms with Gasteiger partial charge in [-0.2, -0.15) is 0 Å². The van der Waals surface area contributed by atoms with Gasteiger partial charge < -0.3 is 10.6 Å². The Hall–Kier alpha value is -3.14. The molecule has 2 aliphatic rings. The smallest absolute Gasteiger partial charge is 0.251 e. The predicted octanol–water partition coefficient (Wildman–Crippen LogP) is 3.89. The zero-order valence-electron chi connectivity index (χ0n) is 15.0. The summed E-state index contributed by atoms with van der Waals surface area (Å²) >= 11 is 0. The van der Waals surface area contributed by atoms with E-state index in [9.17, 15) is 9.59 Å². The average molecular weight is 346 g/mol. The van der Waals surface area contributed by atoms with Crippen LogP contribution in [0.1, 0.15) is 28.4 Å². The Labute approximate surface area is 153 Å². The highest BCUT2D eigenvalue weighted by Crippen LogP contribution is 2.32. The normalized spacial score (nSPS) is 10.5. The van der Waals surface area contributed by atoms with Crippen LogP contribution in [-0.4, -0.2) is 18.9 Å². The number of rotatable bonds is 5. The highest BCUT2D eigenvalue weighted by molar-refractivity contribution is 5.98. The van der Waals surface area contributed by atoms with E-state index >= 15 is 0 Å². The van der Waals surface area contributed by atoms with Crippen molar-refractivity contribution in [2.75, 3.05) is 12.4 Å². The first-order chi connectivity index (χ1) is 12.6. The molecule has 0 atom stereocenters.